The number of pyridine rings is 1. The third kappa shape index (κ3) is 5.63. The highest BCUT2D eigenvalue weighted by Gasteiger charge is 2.21. The van der Waals surface area contributed by atoms with E-state index < -0.39 is 21.7 Å². The number of hydrogen-bond donors (Lipinski definition) is 1. The fourth-order valence-electron chi connectivity index (χ4n) is 3.39. The van der Waals surface area contributed by atoms with Crippen molar-refractivity contribution in [3.8, 4) is 11.5 Å². The van der Waals surface area contributed by atoms with Crippen molar-refractivity contribution in [2.45, 2.75) is 44.7 Å². The minimum atomic E-state index is -3.81. The number of aryl methyl sites for hydroxylation is 1. The van der Waals surface area contributed by atoms with Crippen molar-refractivity contribution < 1.29 is 22.7 Å². The number of carbonyl (C=O) groups excluding carboxylic acids is 1. The standard InChI is InChI=1S/C26H27N3O5S/c1-18-5-11-21(12-6-18)35(31,32)29-16-14-22-23(13-15-27-24(22)29)33-20-9-7-19(8-10-20)17-28-25(30)34-26(2,3)4/h5-16H,17H2,1-4H3,(H,28,30). The number of amides is 1. The summed E-state index contributed by atoms with van der Waals surface area (Å²) >= 11 is 0. The molecule has 0 spiro atoms. The van der Waals surface area contributed by atoms with Gasteiger partial charge in [-0.25, -0.2) is 22.2 Å². The van der Waals surface area contributed by atoms with E-state index >= 15 is 0 Å². The van der Waals surface area contributed by atoms with Gasteiger partial charge in [-0.3, -0.25) is 0 Å². The fourth-order valence-corrected chi connectivity index (χ4v) is 4.69. The van der Waals surface area contributed by atoms with Crippen LogP contribution in [-0.4, -0.2) is 29.1 Å². The number of aromatic nitrogens is 2. The largest absolute Gasteiger partial charge is 0.457 e. The normalized spacial score (nSPS) is 11.9. The molecule has 1 N–H and O–H groups in total. The van der Waals surface area contributed by atoms with Gasteiger partial charge < -0.3 is 14.8 Å². The fraction of sp³-hybridized carbons (Fsp3) is 0.231. The van der Waals surface area contributed by atoms with Gasteiger partial charge >= 0.3 is 6.09 Å². The van der Waals surface area contributed by atoms with Gasteiger partial charge in [-0.05, 0) is 69.7 Å². The minimum absolute atomic E-state index is 0.185. The second-order valence-electron chi connectivity index (χ2n) is 9.08. The molecule has 0 fully saturated rings. The molecule has 9 heteroatoms. The van der Waals surface area contributed by atoms with E-state index in [1.54, 1.807) is 69.3 Å². The maximum absolute atomic E-state index is 13.2. The monoisotopic (exact) mass is 493 g/mol. The van der Waals surface area contributed by atoms with Crippen molar-refractivity contribution in [3.63, 3.8) is 0 Å². The number of nitrogens with zero attached hydrogens (tertiary/aromatic N) is 2. The Morgan fingerprint density at radius 2 is 1.69 bits per heavy atom. The summed E-state index contributed by atoms with van der Waals surface area (Å²) in [6.45, 7) is 7.63. The van der Waals surface area contributed by atoms with E-state index in [9.17, 15) is 13.2 Å². The van der Waals surface area contributed by atoms with Gasteiger partial charge in [0.15, 0.2) is 5.65 Å². The van der Waals surface area contributed by atoms with E-state index in [4.69, 9.17) is 9.47 Å². The Hall–Kier alpha value is -3.85. The van der Waals surface area contributed by atoms with Crippen molar-refractivity contribution in [1.29, 1.82) is 0 Å². The van der Waals surface area contributed by atoms with Crippen LogP contribution < -0.4 is 10.1 Å². The highest BCUT2D eigenvalue weighted by atomic mass is 32.2. The number of alkyl carbamates (subject to hydrolysis) is 1. The van der Waals surface area contributed by atoms with E-state index in [1.807, 2.05) is 19.1 Å². The zero-order valence-electron chi connectivity index (χ0n) is 20.0. The van der Waals surface area contributed by atoms with Crippen LogP contribution in [0.15, 0.2) is 78.0 Å². The Kier molecular flexibility index (Phi) is 6.53. The van der Waals surface area contributed by atoms with Gasteiger partial charge in [0.2, 0.25) is 0 Å². The van der Waals surface area contributed by atoms with Crippen molar-refractivity contribution in [2.75, 3.05) is 0 Å². The van der Waals surface area contributed by atoms with Crippen molar-refractivity contribution in [3.05, 3.63) is 84.2 Å². The number of ether oxygens (including phenoxy) is 2. The summed E-state index contributed by atoms with van der Waals surface area (Å²) in [5.74, 6) is 1.04. The average Bonchev–Trinajstić information content (AvgIpc) is 3.24. The molecule has 182 valence electrons. The first-order chi connectivity index (χ1) is 16.5. The Bertz CT molecular complexity index is 1450. The molecule has 0 radical (unpaired) electrons. The predicted octanol–water partition coefficient (Wildman–Crippen LogP) is 5.40. The van der Waals surface area contributed by atoms with Crippen molar-refractivity contribution >= 4 is 27.1 Å². The smallest absolute Gasteiger partial charge is 0.407 e. The first kappa shape index (κ1) is 24.3. The van der Waals surface area contributed by atoms with Gasteiger partial charge in [0.05, 0.1) is 10.3 Å². The second-order valence-corrected chi connectivity index (χ2v) is 10.9. The lowest BCUT2D eigenvalue weighted by Gasteiger charge is -2.19. The molecule has 8 nitrogen and oxygen atoms in total. The number of fused-ring (bicyclic) bond motifs is 1. The molecule has 4 aromatic rings. The second kappa shape index (κ2) is 9.42. The number of benzene rings is 2. The maximum Gasteiger partial charge on any atom is 0.407 e. The van der Waals surface area contributed by atoms with Crippen LogP contribution in [0.25, 0.3) is 11.0 Å². The van der Waals surface area contributed by atoms with Crippen LogP contribution in [0.2, 0.25) is 0 Å². The minimum Gasteiger partial charge on any atom is -0.457 e. The molecule has 1 amide bonds. The van der Waals surface area contributed by atoms with E-state index in [0.717, 1.165) is 15.1 Å². The topological polar surface area (TPSA) is 99.5 Å². The molecule has 0 saturated heterocycles. The molecule has 0 aliphatic carbocycles. The zero-order valence-corrected chi connectivity index (χ0v) is 20.8. The van der Waals surface area contributed by atoms with Gasteiger partial charge in [-0.1, -0.05) is 29.8 Å². The summed E-state index contributed by atoms with van der Waals surface area (Å²) in [4.78, 5) is 16.3. The average molecular weight is 494 g/mol. The SMILES string of the molecule is Cc1ccc(S(=O)(=O)n2ccc3c(Oc4ccc(CNC(=O)OC(C)(C)C)cc4)ccnc32)cc1. The molecule has 0 atom stereocenters. The van der Waals surface area contributed by atoms with E-state index in [-0.39, 0.29) is 10.5 Å². The lowest BCUT2D eigenvalue weighted by atomic mass is 10.2. The molecular weight excluding hydrogens is 466 g/mol. The van der Waals surface area contributed by atoms with Crippen molar-refractivity contribution in [2.24, 2.45) is 0 Å². The lowest BCUT2D eigenvalue weighted by Crippen LogP contribution is -2.32. The molecule has 0 aliphatic rings. The Labute approximate surface area is 204 Å². The summed E-state index contributed by atoms with van der Waals surface area (Å²) in [7, 11) is -3.81. The third-order valence-corrected chi connectivity index (χ3v) is 6.76. The first-order valence-electron chi connectivity index (χ1n) is 11.0. The molecule has 4 rings (SSSR count). The number of nitrogens with one attached hydrogen (secondary N) is 1. The number of carbonyl (C=O) groups is 1. The third-order valence-electron chi connectivity index (χ3n) is 5.08. The highest BCUT2D eigenvalue weighted by Crippen LogP contribution is 2.31. The predicted molar refractivity (Wildman–Crippen MR) is 133 cm³/mol. The molecule has 2 aromatic carbocycles. The summed E-state index contributed by atoms with van der Waals surface area (Å²) in [6, 6.07) is 17.2. The van der Waals surface area contributed by atoms with Gasteiger partial charge in [0.1, 0.15) is 17.1 Å². The summed E-state index contributed by atoms with van der Waals surface area (Å²) in [5, 5.41) is 3.28. The summed E-state index contributed by atoms with van der Waals surface area (Å²) < 4.78 is 38.7. The van der Waals surface area contributed by atoms with Crippen LogP contribution in [-0.2, 0) is 21.3 Å². The zero-order chi connectivity index (χ0) is 25.2. The Morgan fingerprint density at radius 3 is 2.34 bits per heavy atom. The van der Waals surface area contributed by atoms with Gasteiger partial charge in [0, 0.05) is 18.9 Å². The summed E-state index contributed by atoms with van der Waals surface area (Å²) in [5.41, 5.74) is 1.57. The molecule has 0 saturated carbocycles. The summed E-state index contributed by atoms with van der Waals surface area (Å²) in [6.07, 6.45) is 2.51. The van der Waals surface area contributed by atoms with Crippen LogP contribution in [0.5, 0.6) is 11.5 Å². The van der Waals surface area contributed by atoms with E-state index in [2.05, 4.69) is 10.3 Å². The van der Waals surface area contributed by atoms with Gasteiger partial charge in [-0.15, -0.1) is 0 Å². The molecule has 0 aliphatic heterocycles. The highest BCUT2D eigenvalue weighted by molar-refractivity contribution is 7.90. The van der Waals surface area contributed by atoms with Crippen LogP contribution in [0.4, 0.5) is 4.79 Å². The van der Waals surface area contributed by atoms with Crippen LogP contribution in [0.3, 0.4) is 0 Å². The Balaban J connectivity index is 1.51. The van der Waals surface area contributed by atoms with Gasteiger partial charge in [0.25, 0.3) is 10.0 Å². The van der Waals surface area contributed by atoms with E-state index in [1.165, 1.54) is 12.4 Å². The van der Waals surface area contributed by atoms with Crippen LogP contribution in [0.1, 0.15) is 31.9 Å². The van der Waals surface area contributed by atoms with Crippen molar-refractivity contribution in [1.82, 2.24) is 14.3 Å². The molecular formula is C26H27N3O5S. The Morgan fingerprint density at radius 1 is 1.00 bits per heavy atom. The quantitative estimate of drug-likeness (QED) is 0.386. The van der Waals surface area contributed by atoms with Gasteiger partial charge in [-0.2, -0.15) is 0 Å². The molecule has 2 aromatic heterocycles. The van der Waals surface area contributed by atoms with E-state index in [0.29, 0.717) is 23.4 Å². The number of hydrogen-bond acceptors (Lipinski definition) is 6. The molecule has 35 heavy (non-hydrogen) atoms. The number of rotatable bonds is 6. The molecule has 2 heterocycles. The maximum atomic E-state index is 13.2. The lowest BCUT2D eigenvalue weighted by molar-refractivity contribution is 0.0523. The molecule has 0 unspecified atom stereocenters. The van der Waals surface area contributed by atoms with Crippen LogP contribution >= 0.6 is 0 Å². The molecule has 0 bridgehead atoms. The first-order valence-corrected chi connectivity index (χ1v) is 12.5. The van der Waals surface area contributed by atoms with Crippen LogP contribution in [0, 0.1) is 6.92 Å².